The summed E-state index contributed by atoms with van der Waals surface area (Å²) in [6, 6.07) is 6.98. The molecule has 3 unspecified atom stereocenters. The number of nitrogens with zero attached hydrogens (tertiary/aromatic N) is 3. The molecule has 190 valence electrons. The Morgan fingerprint density at radius 2 is 1.62 bits per heavy atom. The van der Waals surface area contributed by atoms with E-state index >= 15 is 0 Å². The summed E-state index contributed by atoms with van der Waals surface area (Å²) < 4.78 is 33.4. The molecule has 3 atom stereocenters. The minimum absolute atomic E-state index is 0.0567. The fourth-order valence-corrected chi connectivity index (χ4v) is 7.08. The third-order valence-corrected chi connectivity index (χ3v) is 9.06. The summed E-state index contributed by atoms with van der Waals surface area (Å²) in [5.41, 5.74) is 0.631. The fraction of sp³-hybridized carbons (Fsp3) is 0.720. The summed E-state index contributed by atoms with van der Waals surface area (Å²) in [6.45, 7) is 9.53. The van der Waals surface area contributed by atoms with Gasteiger partial charge in [0.1, 0.15) is 0 Å². The molecule has 34 heavy (non-hydrogen) atoms. The second-order valence-electron chi connectivity index (χ2n) is 10.1. The predicted molar refractivity (Wildman–Crippen MR) is 133 cm³/mol. The van der Waals surface area contributed by atoms with Crippen LogP contribution in [0.3, 0.4) is 0 Å². The Kier molecular flexibility index (Phi) is 8.63. The Balaban J connectivity index is 1.30. The van der Waals surface area contributed by atoms with Crippen LogP contribution >= 0.6 is 0 Å². The van der Waals surface area contributed by atoms with E-state index in [4.69, 9.17) is 4.74 Å². The van der Waals surface area contributed by atoms with Crippen LogP contribution in [0.1, 0.15) is 52.4 Å². The van der Waals surface area contributed by atoms with Crippen LogP contribution < -0.4 is 5.32 Å². The van der Waals surface area contributed by atoms with E-state index in [1.807, 2.05) is 0 Å². The predicted octanol–water partition coefficient (Wildman–Crippen LogP) is 2.76. The molecule has 0 saturated carbocycles. The number of anilines is 1. The van der Waals surface area contributed by atoms with Crippen molar-refractivity contribution in [2.75, 3.05) is 51.1 Å². The first-order valence-electron chi connectivity index (χ1n) is 12.8. The number of hydrogen-bond acceptors (Lipinski definition) is 6. The average molecular weight is 493 g/mol. The lowest BCUT2D eigenvalue weighted by Crippen LogP contribution is -2.50. The standard InChI is InChI=1S/C25H40N4O4S/c1-20-16-27(17-21(2)33-20)18-23-8-7-13-28(23)19-25(30)26-22-9-11-24(12-10-22)34(31,32)29-14-5-3-4-6-15-29/h9-12,20-21,23H,3-8,13-19H2,1-2H3,(H,26,30). The maximum Gasteiger partial charge on any atom is 0.243 e. The van der Waals surface area contributed by atoms with Crippen LogP contribution in [-0.4, -0.2) is 92.5 Å². The van der Waals surface area contributed by atoms with Crippen molar-refractivity contribution in [3.8, 4) is 0 Å². The Hall–Kier alpha value is -1.52. The quantitative estimate of drug-likeness (QED) is 0.630. The number of hydrogen-bond donors (Lipinski definition) is 1. The number of benzene rings is 1. The third kappa shape index (κ3) is 6.57. The monoisotopic (exact) mass is 492 g/mol. The fourth-order valence-electron chi connectivity index (χ4n) is 5.57. The van der Waals surface area contributed by atoms with E-state index in [2.05, 4.69) is 29.0 Å². The average Bonchev–Trinajstić information content (AvgIpc) is 3.03. The van der Waals surface area contributed by atoms with Crippen LogP contribution in [0.15, 0.2) is 29.2 Å². The molecule has 0 aliphatic carbocycles. The molecule has 1 N–H and O–H groups in total. The number of nitrogens with one attached hydrogen (secondary N) is 1. The van der Waals surface area contributed by atoms with Gasteiger partial charge in [0.25, 0.3) is 0 Å². The lowest BCUT2D eigenvalue weighted by Gasteiger charge is -2.38. The number of ether oxygens (including phenoxy) is 1. The van der Waals surface area contributed by atoms with Gasteiger partial charge in [-0.15, -0.1) is 0 Å². The summed E-state index contributed by atoms with van der Waals surface area (Å²) in [5, 5.41) is 2.95. The second kappa shape index (κ2) is 11.5. The lowest BCUT2D eigenvalue weighted by molar-refractivity contribution is -0.117. The van der Waals surface area contributed by atoms with Gasteiger partial charge in [-0.05, 0) is 70.3 Å². The molecule has 3 aliphatic rings. The van der Waals surface area contributed by atoms with Gasteiger partial charge >= 0.3 is 0 Å². The maximum atomic E-state index is 13.0. The van der Waals surface area contributed by atoms with Crippen molar-refractivity contribution in [1.82, 2.24) is 14.1 Å². The molecule has 9 heteroatoms. The summed E-state index contributed by atoms with van der Waals surface area (Å²) >= 11 is 0. The number of sulfonamides is 1. The van der Waals surface area contributed by atoms with Crippen molar-refractivity contribution in [1.29, 1.82) is 0 Å². The molecular formula is C25H40N4O4S. The minimum atomic E-state index is -3.48. The van der Waals surface area contributed by atoms with Gasteiger partial charge in [0.15, 0.2) is 0 Å². The van der Waals surface area contributed by atoms with Crippen molar-refractivity contribution >= 4 is 21.6 Å². The first-order valence-corrected chi connectivity index (χ1v) is 14.3. The van der Waals surface area contributed by atoms with E-state index in [1.165, 1.54) is 0 Å². The largest absolute Gasteiger partial charge is 0.373 e. The van der Waals surface area contributed by atoms with Gasteiger partial charge in [-0.1, -0.05) is 12.8 Å². The number of rotatable bonds is 7. The Bertz CT molecular complexity index is 905. The second-order valence-corrected chi connectivity index (χ2v) is 12.1. The highest BCUT2D eigenvalue weighted by atomic mass is 32.2. The van der Waals surface area contributed by atoms with Crippen LogP contribution in [-0.2, 0) is 19.6 Å². The van der Waals surface area contributed by atoms with Crippen LogP contribution in [0, 0.1) is 0 Å². The minimum Gasteiger partial charge on any atom is -0.373 e. The first-order chi connectivity index (χ1) is 16.3. The van der Waals surface area contributed by atoms with E-state index in [0.717, 1.165) is 64.7 Å². The molecule has 3 aliphatic heterocycles. The Morgan fingerprint density at radius 1 is 0.971 bits per heavy atom. The third-order valence-electron chi connectivity index (χ3n) is 7.15. The van der Waals surface area contributed by atoms with Gasteiger partial charge in [0, 0.05) is 44.5 Å². The molecule has 1 amide bonds. The topological polar surface area (TPSA) is 82.2 Å². The van der Waals surface area contributed by atoms with Gasteiger partial charge in [-0.3, -0.25) is 14.6 Å². The van der Waals surface area contributed by atoms with Crippen molar-refractivity contribution in [3.63, 3.8) is 0 Å². The van der Waals surface area contributed by atoms with Gasteiger partial charge in [-0.2, -0.15) is 4.31 Å². The Labute approximate surface area is 204 Å². The highest BCUT2D eigenvalue weighted by molar-refractivity contribution is 7.89. The maximum absolute atomic E-state index is 13.0. The van der Waals surface area contributed by atoms with Gasteiger partial charge in [0.2, 0.25) is 15.9 Å². The van der Waals surface area contributed by atoms with Gasteiger partial charge < -0.3 is 10.1 Å². The lowest BCUT2D eigenvalue weighted by atomic mass is 10.1. The van der Waals surface area contributed by atoms with Crippen LogP contribution in [0.4, 0.5) is 5.69 Å². The van der Waals surface area contributed by atoms with E-state index < -0.39 is 10.0 Å². The number of likely N-dealkylation sites (tertiary alicyclic amines) is 1. The zero-order chi connectivity index (χ0) is 24.1. The number of morpholine rings is 1. The molecule has 1 aromatic carbocycles. The van der Waals surface area contributed by atoms with Crippen LogP contribution in [0.2, 0.25) is 0 Å². The number of carbonyl (C=O) groups is 1. The molecule has 4 rings (SSSR count). The molecular weight excluding hydrogens is 452 g/mol. The molecule has 8 nitrogen and oxygen atoms in total. The highest BCUT2D eigenvalue weighted by Gasteiger charge is 2.31. The van der Waals surface area contributed by atoms with Crippen molar-refractivity contribution in [2.45, 2.75) is 75.5 Å². The normalized spacial score (nSPS) is 28.0. The summed E-state index contributed by atoms with van der Waals surface area (Å²) in [6.07, 6.45) is 6.69. The summed E-state index contributed by atoms with van der Waals surface area (Å²) in [7, 11) is -3.48. The van der Waals surface area contributed by atoms with E-state index in [9.17, 15) is 13.2 Å². The molecule has 0 spiro atoms. The molecule has 3 fully saturated rings. The van der Waals surface area contributed by atoms with E-state index in [0.29, 0.717) is 36.3 Å². The summed E-state index contributed by atoms with van der Waals surface area (Å²) in [4.78, 5) is 17.8. The smallest absolute Gasteiger partial charge is 0.243 e. The SMILES string of the molecule is CC1CN(CC2CCCN2CC(=O)Nc2ccc(S(=O)(=O)N3CCCCCC3)cc2)CC(C)O1. The first kappa shape index (κ1) is 25.6. The molecule has 0 bridgehead atoms. The zero-order valence-corrected chi connectivity index (χ0v) is 21.4. The number of amides is 1. The van der Waals surface area contributed by atoms with E-state index in [1.54, 1.807) is 28.6 Å². The van der Waals surface area contributed by atoms with Crippen LogP contribution in [0.25, 0.3) is 0 Å². The summed E-state index contributed by atoms with van der Waals surface area (Å²) in [5.74, 6) is -0.0567. The number of carbonyl (C=O) groups excluding carboxylic acids is 1. The molecule has 3 saturated heterocycles. The van der Waals surface area contributed by atoms with Crippen molar-refractivity contribution < 1.29 is 17.9 Å². The highest BCUT2D eigenvalue weighted by Crippen LogP contribution is 2.23. The van der Waals surface area contributed by atoms with Crippen LogP contribution in [0.5, 0.6) is 0 Å². The van der Waals surface area contributed by atoms with E-state index in [-0.39, 0.29) is 18.1 Å². The molecule has 0 radical (unpaired) electrons. The van der Waals surface area contributed by atoms with Gasteiger partial charge in [-0.25, -0.2) is 8.42 Å². The molecule has 0 aromatic heterocycles. The van der Waals surface area contributed by atoms with Gasteiger partial charge in [0.05, 0.1) is 23.6 Å². The zero-order valence-electron chi connectivity index (χ0n) is 20.6. The van der Waals surface area contributed by atoms with Crippen molar-refractivity contribution in [3.05, 3.63) is 24.3 Å². The Morgan fingerprint density at radius 3 is 2.26 bits per heavy atom. The molecule has 3 heterocycles. The molecule has 1 aromatic rings. The van der Waals surface area contributed by atoms with Crippen molar-refractivity contribution in [2.24, 2.45) is 0 Å².